The van der Waals surface area contributed by atoms with Crippen LogP contribution in [0.2, 0.25) is 5.02 Å². The first kappa shape index (κ1) is 38.5. The number of benzene rings is 2. The number of nitrogens with two attached hydrogens (primary N) is 1. The number of fused-ring (bicyclic) bond motifs is 1. The second-order valence-corrected chi connectivity index (χ2v) is 14.9. The van der Waals surface area contributed by atoms with Crippen LogP contribution in [0.3, 0.4) is 0 Å². The summed E-state index contributed by atoms with van der Waals surface area (Å²) in [4.78, 5) is 58.5. The Kier molecular flexibility index (Phi) is 11.9. The molecule has 0 radical (unpaired) electrons. The predicted octanol–water partition coefficient (Wildman–Crippen LogP) is 5.93. The first-order valence-electron chi connectivity index (χ1n) is 18.3. The van der Waals surface area contributed by atoms with E-state index in [0.717, 1.165) is 56.1 Å². The molecule has 0 bridgehead atoms. The molecule has 2 aromatic rings. The van der Waals surface area contributed by atoms with E-state index < -0.39 is 41.5 Å². The lowest BCUT2D eigenvalue weighted by molar-refractivity contribution is -0.143. The average molecular weight is 763 g/mol. The summed E-state index contributed by atoms with van der Waals surface area (Å²) in [6, 6.07) is 9.35. The van der Waals surface area contributed by atoms with Crippen molar-refractivity contribution in [1.29, 1.82) is 0 Å². The summed E-state index contributed by atoms with van der Waals surface area (Å²) in [7, 11) is 0. The minimum absolute atomic E-state index is 0.0577. The maximum atomic E-state index is 14.0. The molecule has 4 aliphatic heterocycles. The number of likely N-dealkylation sites (tertiary alicyclic amines) is 3. The number of halogens is 4. The molecule has 288 valence electrons. The Bertz CT molecular complexity index is 1670. The Morgan fingerprint density at radius 1 is 0.943 bits per heavy atom. The molecule has 4 aliphatic rings. The van der Waals surface area contributed by atoms with E-state index >= 15 is 0 Å². The van der Waals surface area contributed by atoms with E-state index in [1.807, 2.05) is 24.3 Å². The van der Waals surface area contributed by atoms with Gasteiger partial charge in [0.25, 0.3) is 5.91 Å². The number of nitrogens with one attached hydrogen (secondary N) is 1. The van der Waals surface area contributed by atoms with E-state index in [1.165, 1.54) is 11.0 Å². The van der Waals surface area contributed by atoms with Crippen LogP contribution in [0.15, 0.2) is 36.4 Å². The van der Waals surface area contributed by atoms with Crippen LogP contribution < -0.4 is 11.1 Å². The molecular weight excluding hydrogens is 717 g/mol. The van der Waals surface area contributed by atoms with Crippen molar-refractivity contribution in [3.8, 4) is 0 Å². The predicted molar refractivity (Wildman–Crippen MR) is 191 cm³/mol. The van der Waals surface area contributed by atoms with Gasteiger partial charge in [-0.25, -0.2) is 9.59 Å². The highest BCUT2D eigenvalue weighted by molar-refractivity contribution is 6.33. The highest BCUT2D eigenvalue weighted by Gasteiger charge is 2.39. The van der Waals surface area contributed by atoms with Crippen molar-refractivity contribution in [2.24, 2.45) is 11.8 Å². The molecule has 4 heterocycles. The van der Waals surface area contributed by atoms with Crippen LogP contribution in [0.1, 0.15) is 61.6 Å². The van der Waals surface area contributed by atoms with Gasteiger partial charge >= 0.3 is 24.3 Å². The molecule has 0 spiro atoms. The molecule has 0 saturated carbocycles. The number of ether oxygens (including phenoxy) is 1. The van der Waals surface area contributed by atoms with Gasteiger partial charge in [0, 0.05) is 57.4 Å². The van der Waals surface area contributed by atoms with Crippen LogP contribution in [0.25, 0.3) is 0 Å². The van der Waals surface area contributed by atoms with Crippen molar-refractivity contribution in [3.05, 3.63) is 58.1 Å². The molecule has 3 fully saturated rings. The quantitative estimate of drug-likeness (QED) is 0.267. The maximum absolute atomic E-state index is 14.0. The Balaban J connectivity index is 1.10. The molecule has 16 heteroatoms. The lowest BCUT2D eigenvalue weighted by atomic mass is 9.78. The number of amides is 4. The molecule has 0 unspecified atom stereocenters. The third kappa shape index (κ3) is 9.29. The monoisotopic (exact) mass is 762 g/mol. The van der Waals surface area contributed by atoms with Crippen molar-refractivity contribution in [2.75, 3.05) is 56.9 Å². The van der Waals surface area contributed by atoms with Gasteiger partial charge in [-0.15, -0.1) is 0 Å². The standard InChI is InChI=1S/C37H46ClF3N6O6/c38-29-20-23(19-28(33(29)42)37(39,40)41)21-31(34(50)45-15-7-25(8-16-45)24-5-12-44(13-6-24)14-11-32(48)49)53-36(52)46-17-9-27(10-18-46)47-22-26-3-1-2-4-30(26)43-35(47)51/h1-4,19-20,24-25,27,31H,5-18,21-22,42H2,(H,43,51)(H,48,49)/t31-/m1/s1. The van der Waals surface area contributed by atoms with Gasteiger partial charge in [0.05, 0.1) is 22.7 Å². The Morgan fingerprint density at radius 3 is 2.21 bits per heavy atom. The summed E-state index contributed by atoms with van der Waals surface area (Å²) in [5.74, 6) is -0.467. The number of nitrogens with zero attached hydrogens (tertiary/aromatic N) is 4. The summed E-state index contributed by atoms with van der Waals surface area (Å²) in [5, 5.41) is 11.6. The van der Waals surface area contributed by atoms with Crippen LogP contribution in [0.4, 0.5) is 34.1 Å². The molecule has 2 aromatic carbocycles. The lowest BCUT2D eigenvalue weighted by Gasteiger charge is -2.41. The molecular formula is C37H46ClF3N6O6. The molecule has 1 atom stereocenters. The minimum atomic E-state index is -4.79. The highest BCUT2D eigenvalue weighted by atomic mass is 35.5. The number of carboxylic acids is 1. The smallest absolute Gasteiger partial charge is 0.418 e. The fraction of sp³-hybridized carbons (Fsp3) is 0.568. The van der Waals surface area contributed by atoms with E-state index in [9.17, 15) is 32.3 Å². The number of hydrogen-bond acceptors (Lipinski definition) is 7. The first-order chi connectivity index (χ1) is 25.3. The van der Waals surface area contributed by atoms with Gasteiger partial charge in [-0.05, 0) is 92.8 Å². The Morgan fingerprint density at radius 2 is 1.57 bits per heavy atom. The number of hydrogen-bond donors (Lipinski definition) is 3. The van der Waals surface area contributed by atoms with E-state index in [1.54, 1.807) is 9.80 Å². The second kappa shape index (κ2) is 16.4. The maximum Gasteiger partial charge on any atom is 0.418 e. The number of alkyl halides is 3. The summed E-state index contributed by atoms with van der Waals surface area (Å²) in [6.45, 7) is 4.00. The van der Waals surface area contributed by atoms with Crippen molar-refractivity contribution in [3.63, 3.8) is 0 Å². The number of carboxylic acid groups (broad SMARTS) is 1. The number of para-hydroxylation sites is 1. The van der Waals surface area contributed by atoms with Crippen LogP contribution in [0.5, 0.6) is 0 Å². The van der Waals surface area contributed by atoms with E-state index in [4.69, 9.17) is 27.2 Å². The molecule has 6 rings (SSSR count). The lowest BCUT2D eigenvalue weighted by Crippen LogP contribution is -2.52. The van der Waals surface area contributed by atoms with Crippen LogP contribution in [-0.2, 0) is 33.5 Å². The van der Waals surface area contributed by atoms with Crippen molar-refractivity contribution in [2.45, 2.75) is 76.2 Å². The topological polar surface area (TPSA) is 149 Å². The Labute approximate surface area is 311 Å². The first-order valence-corrected chi connectivity index (χ1v) is 18.6. The number of nitrogen functional groups attached to an aromatic ring is 1. The van der Waals surface area contributed by atoms with Crippen molar-refractivity contribution < 1.29 is 42.2 Å². The number of rotatable bonds is 9. The van der Waals surface area contributed by atoms with Gasteiger partial charge in [-0.2, -0.15) is 13.2 Å². The molecule has 4 amide bonds. The van der Waals surface area contributed by atoms with Crippen LogP contribution in [0, 0.1) is 11.8 Å². The van der Waals surface area contributed by atoms with Gasteiger partial charge < -0.3 is 40.5 Å². The van der Waals surface area contributed by atoms with Crippen molar-refractivity contribution in [1.82, 2.24) is 19.6 Å². The van der Waals surface area contributed by atoms with E-state index in [0.29, 0.717) is 50.9 Å². The molecule has 0 aliphatic carbocycles. The van der Waals surface area contributed by atoms with Gasteiger partial charge in [0.1, 0.15) is 0 Å². The van der Waals surface area contributed by atoms with Crippen LogP contribution in [-0.4, -0.2) is 107 Å². The number of carbonyl (C=O) groups is 4. The van der Waals surface area contributed by atoms with Gasteiger partial charge in [-0.3, -0.25) is 9.59 Å². The zero-order valence-corrected chi connectivity index (χ0v) is 30.2. The largest absolute Gasteiger partial charge is 0.481 e. The van der Waals surface area contributed by atoms with Gasteiger partial charge in [0.2, 0.25) is 0 Å². The molecule has 0 aromatic heterocycles. The molecule has 12 nitrogen and oxygen atoms in total. The SMILES string of the molecule is Nc1c(Cl)cc(C[C@@H](OC(=O)N2CCC(N3Cc4ccccc4NC3=O)CC2)C(=O)N2CCC(C3CCN(CCC(=O)O)CC3)CC2)cc1C(F)(F)F. The Hall–Kier alpha value is -4.24. The third-order valence-electron chi connectivity index (χ3n) is 11.3. The number of aliphatic carboxylic acids is 1. The zero-order chi connectivity index (χ0) is 37.9. The minimum Gasteiger partial charge on any atom is -0.481 e. The molecule has 4 N–H and O–H groups in total. The van der Waals surface area contributed by atoms with Gasteiger partial charge in [0.15, 0.2) is 6.10 Å². The van der Waals surface area contributed by atoms with Crippen molar-refractivity contribution >= 4 is 47.0 Å². The fourth-order valence-corrected chi connectivity index (χ4v) is 8.43. The summed E-state index contributed by atoms with van der Waals surface area (Å²) in [5.41, 5.74) is 5.74. The van der Waals surface area contributed by atoms with Crippen LogP contribution >= 0.6 is 11.6 Å². The zero-order valence-electron chi connectivity index (χ0n) is 29.5. The summed E-state index contributed by atoms with van der Waals surface area (Å²) in [6.07, 6.45) is -2.82. The second-order valence-electron chi connectivity index (χ2n) is 14.5. The molecule has 3 saturated heterocycles. The van der Waals surface area contributed by atoms with E-state index in [2.05, 4.69) is 10.2 Å². The highest BCUT2D eigenvalue weighted by Crippen LogP contribution is 2.39. The third-order valence-corrected chi connectivity index (χ3v) is 11.6. The van der Waals surface area contributed by atoms with Gasteiger partial charge in [-0.1, -0.05) is 29.8 Å². The number of anilines is 2. The molecule has 53 heavy (non-hydrogen) atoms. The number of carbonyl (C=O) groups excluding carboxylic acids is 3. The summed E-state index contributed by atoms with van der Waals surface area (Å²) >= 11 is 6.11. The fourth-order valence-electron chi connectivity index (χ4n) is 8.19. The summed E-state index contributed by atoms with van der Waals surface area (Å²) < 4.78 is 47.3. The number of urea groups is 1. The average Bonchev–Trinajstić information content (AvgIpc) is 3.14. The number of piperidine rings is 3. The van der Waals surface area contributed by atoms with E-state index in [-0.39, 0.29) is 48.6 Å². The normalized spacial score (nSPS) is 20.2.